The number of rotatable bonds is 0. The summed E-state index contributed by atoms with van der Waals surface area (Å²) in [7, 11) is 0. The van der Waals surface area contributed by atoms with E-state index in [4.69, 9.17) is 0 Å². The van der Waals surface area contributed by atoms with Crippen LogP contribution in [0.5, 0.6) is 0 Å². The lowest BCUT2D eigenvalue weighted by atomic mass is 10.1. The Hall–Kier alpha value is -1.51. The maximum atomic E-state index is 3.97. The molecule has 1 N–H and O–H groups in total. The molecule has 2 heterocycles. The zero-order valence-corrected chi connectivity index (χ0v) is 5.91. The van der Waals surface area contributed by atoms with E-state index in [1.54, 1.807) is 0 Å². The third-order valence-corrected chi connectivity index (χ3v) is 2.16. The van der Waals surface area contributed by atoms with Gasteiger partial charge in [-0.1, -0.05) is 12.2 Å². The first-order valence-electron chi connectivity index (χ1n) is 3.64. The lowest BCUT2D eigenvalue weighted by Gasteiger charge is -2.09. The van der Waals surface area contributed by atoms with Crippen molar-refractivity contribution in [3.05, 3.63) is 35.3 Å². The van der Waals surface area contributed by atoms with Gasteiger partial charge in [-0.05, 0) is 6.08 Å². The van der Waals surface area contributed by atoms with Crippen LogP contribution < -0.4 is 5.43 Å². The van der Waals surface area contributed by atoms with E-state index in [0.29, 0.717) is 0 Å². The van der Waals surface area contributed by atoms with Gasteiger partial charge in [0.15, 0.2) is 0 Å². The molecule has 0 fully saturated rings. The van der Waals surface area contributed by atoms with Gasteiger partial charge in [-0.25, -0.2) is 0 Å². The van der Waals surface area contributed by atoms with Gasteiger partial charge < -0.3 is 0 Å². The number of hydrogen-bond donors (Lipinski definition) is 1. The first kappa shape index (κ1) is 5.18. The Morgan fingerprint density at radius 2 is 2.55 bits per heavy atom. The van der Waals surface area contributed by atoms with Crippen LogP contribution in [0.4, 0.5) is 0 Å². The van der Waals surface area contributed by atoms with Crippen LogP contribution in [0, 0.1) is 0 Å². The van der Waals surface area contributed by atoms with E-state index in [0.717, 1.165) is 12.2 Å². The molecule has 0 aromatic rings. The lowest BCUT2D eigenvalue weighted by molar-refractivity contribution is 0.655. The van der Waals surface area contributed by atoms with Gasteiger partial charge in [0.1, 0.15) is 12.2 Å². The molecule has 0 aromatic heterocycles. The van der Waals surface area contributed by atoms with Crippen LogP contribution in [0.1, 0.15) is 6.42 Å². The van der Waals surface area contributed by atoms with Crippen molar-refractivity contribution in [3.8, 4) is 0 Å². The summed E-state index contributed by atoms with van der Waals surface area (Å²) < 4.78 is 0. The monoisotopic (exact) mass is 145 g/mol. The van der Waals surface area contributed by atoms with Crippen molar-refractivity contribution in [3.63, 3.8) is 0 Å². The molecule has 0 saturated heterocycles. The SMILES string of the molecule is C1=CC2=C3NN=CN3C(=C1)C2. The highest BCUT2D eigenvalue weighted by Gasteiger charge is 2.28. The highest BCUT2D eigenvalue weighted by atomic mass is 15.5. The second-order valence-corrected chi connectivity index (χ2v) is 2.79. The molecule has 3 heteroatoms. The van der Waals surface area contributed by atoms with E-state index in [-0.39, 0.29) is 0 Å². The Morgan fingerprint density at radius 1 is 1.55 bits per heavy atom. The van der Waals surface area contributed by atoms with Gasteiger partial charge in [0, 0.05) is 17.7 Å². The van der Waals surface area contributed by atoms with Crippen LogP contribution >= 0.6 is 0 Å². The Morgan fingerprint density at radius 3 is 3.55 bits per heavy atom. The average molecular weight is 145 g/mol. The Balaban J connectivity index is 2.23. The molecule has 1 aliphatic carbocycles. The average Bonchev–Trinajstić information content (AvgIpc) is 2.58. The van der Waals surface area contributed by atoms with Gasteiger partial charge >= 0.3 is 0 Å². The predicted octanol–water partition coefficient (Wildman–Crippen LogP) is 0.904. The van der Waals surface area contributed by atoms with Crippen molar-refractivity contribution in [1.29, 1.82) is 0 Å². The fraction of sp³-hybridized carbons (Fsp3) is 0.125. The van der Waals surface area contributed by atoms with Gasteiger partial charge in [0.2, 0.25) is 0 Å². The topological polar surface area (TPSA) is 27.6 Å². The van der Waals surface area contributed by atoms with Gasteiger partial charge in [-0.15, -0.1) is 0 Å². The fourth-order valence-electron chi connectivity index (χ4n) is 1.62. The predicted molar refractivity (Wildman–Crippen MR) is 42.3 cm³/mol. The fourth-order valence-corrected chi connectivity index (χ4v) is 1.62. The Labute approximate surface area is 64.4 Å². The van der Waals surface area contributed by atoms with Crippen molar-refractivity contribution >= 4 is 6.34 Å². The summed E-state index contributed by atoms with van der Waals surface area (Å²) in [6, 6.07) is 0. The molecule has 0 spiro atoms. The van der Waals surface area contributed by atoms with Gasteiger partial charge in [0.05, 0.1) is 0 Å². The summed E-state index contributed by atoms with van der Waals surface area (Å²) in [5, 5.41) is 3.97. The molecule has 2 bridgehead atoms. The molecular formula is C8H7N3. The van der Waals surface area contributed by atoms with Crippen LogP contribution in [0.25, 0.3) is 0 Å². The van der Waals surface area contributed by atoms with Crippen molar-refractivity contribution in [1.82, 2.24) is 10.3 Å². The molecule has 0 amide bonds. The number of hydrazone groups is 1. The Bertz CT molecular complexity index is 333. The summed E-state index contributed by atoms with van der Waals surface area (Å²) in [6.07, 6.45) is 9.19. The molecule has 0 unspecified atom stereocenters. The van der Waals surface area contributed by atoms with E-state index in [1.165, 1.54) is 11.3 Å². The third kappa shape index (κ3) is 0.510. The summed E-state index contributed by atoms with van der Waals surface area (Å²) in [5.41, 5.74) is 5.62. The lowest BCUT2D eigenvalue weighted by Crippen LogP contribution is -2.14. The maximum absolute atomic E-state index is 3.97. The normalized spacial score (nSPS) is 24.0. The molecule has 3 rings (SSSR count). The number of nitrogens with one attached hydrogen (secondary N) is 1. The highest BCUT2D eigenvalue weighted by molar-refractivity contribution is 5.68. The number of fused-ring (bicyclic) bond motifs is 4. The molecule has 54 valence electrons. The number of hydrogen-bond acceptors (Lipinski definition) is 3. The molecule has 0 atom stereocenters. The van der Waals surface area contributed by atoms with Gasteiger partial charge in [-0.2, -0.15) is 5.10 Å². The largest absolute Gasteiger partial charge is 0.287 e. The van der Waals surface area contributed by atoms with Crippen LogP contribution in [0.2, 0.25) is 0 Å². The zero-order chi connectivity index (χ0) is 7.26. The molecule has 3 aliphatic rings. The van der Waals surface area contributed by atoms with E-state index in [2.05, 4.69) is 33.7 Å². The molecule has 0 saturated carbocycles. The Kier molecular flexibility index (Phi) is 0.733. The zero-order valence-electron chi connectivity index (χ0n) is 5.91. The highest BCUT2D eigenvalue weighted by Crippen LogP contribution is 2.34. The van der Waals surface area contributed by atoms with Gasteiger partial charge in [0.25, 0.3) is 0 Å². The quantitative estimate of drug-likeness (QED) is 0.548. The summed E-state index contributed by atoms with van der Waals surface area (Å²) >= 11 is 0. The molecular weight excluding hydrogens is 138 g/mol. The first-order valence-corrected chi connectivity index (χ1v) is 3.64. The van der Waals surface area contributed by atoms with Crippen molar-refractivity contribution < 1.29 is 0 Å². The van der Waals surface area contributed by atoms with Crippen LogP contribution in [0.3, 0.4) is 0 Å². The maximum Gasteiger partial charge on any atom is 0.135 e. The molecule has 2 aliphatic heterocycles. The van der Waals surface area contributed by atoms with Gasteiger partial charge in [-0.3, -0.25) is 10.3 Å². The second kappa shape index (κ2) is 1.56. The van der Waals surface area contributed by atoms with Crippen LogP contribution in [-0.4, -0.2) is 11.2 Å². The second-order valence-electron chi connectivity index (χ2n) is 2.79. The van der Waals surface area contributed by atoms with Crippen LogP contribution in [0.15, 0.2) is 40.4 Å². The van der Waals surface area contributed by atoms with E-state index in [9.17, 15) is 0 Å². The van der Waals surface area contributed by atoms with Crippen LogP contribution in [-0.2, 0) is 0 Å². The summed E-state index contributed by atoms with van der Waals surface area (Å²) in [5.74, 6) is 1.13. The minimum atomic E-state index is 1.05. The minimum Gasteiger partial charge on any atom is -0.287 e. The van der Waals surface area contributed by atoms with Crippen molar-refractivity contribution in [2.24, 2.45) is 5.10 Å². The standard InChI is InChI=1S/C8H7N3/c1-2-6-4-7(3-1)11-5-9-10-8(6)11/h1-3,5,10H,4H2. The minimum absolute atomic E-state index is 1.05. The molecule has 0 radical (unpaired) electrons. The number of allylic oxidation sites excluding steroid dienone is 4. The van der Waals surface area contributed by atoms with Crippen molar-refractivity contribution in [2.45, 2.75) is 6.42 Å². The van der Waals surface area contributed by atoms with E-state index in [1.807, 2.05) is 6.34 Å². The molecule has 11 heavy (non-hydrogen) atoms. The molecule has 0 aromatic carbocycles. The summed E-state index contributed by atoms with van der Waals surface area (Å²) in [6.45, 7) is 0. The first-order chi connectivity index (χ1) is 5.45. The van der Waals surface area contributed by atoms with Crippen molar-refractivity contribution in [2.75, 3.05) is 0 Å². The smallest absolute Gasteiger partial charge is 0.135 e. The number of nitrogens with zero attached hydrogens (tertiary/aromatic N) is 2. The summed E-state index contributed by atoms with van der Waals surface area (Å²) in [4.78, 5) is 2.09. The molecule has 3 nitrogen and oxygen atoms in total. The third-order valence-electron chi connectivity index (χ3n) is 2.16. The van der Waals surface area contributed by atoms with E-state index >= 15 is 0 Å². The van der Waals surface area contributed by atoms with E-state index < -0.39 is 0 Å².